The Morgan fingerprint density at radius 3 is 2.43 bits per heavy atom. The molecule has 0 saturated carbocycles. The van der Waals surface area contributed by atoms with Crippen LogP contribution >= 0.6 is 23.2 Å². The second-order valence-corrected chi connectivity index (χ2v) is 5.68. The first-order valence-corrected chi connectivity index (χ1v) is 7.31. The Kier molecular flexibility index (Phi) is 5.23. The minimum absolute atomic E-state index is 0.185. The highest BCUT2D eigenvalue weighted by atomic mass is 35.5. The Morgan fingerprint density at radius 1 is 1.14 bits per heavy atom. The summed E-state index contributed by atoms with van der Waals surface area (Å²) in [5.74, 6) is -0.574. The lowest BCUT2D eigenvalue weighted by Gasteiger charge is -2.20. The Hall–Kier alpha value is -1.55. The molecule has 0 aliphatic rings. The van der Waals surface area contributed by atoms with Crippen molar-refractivity contribution in [1.82, 2.24) is 0 Å². The number of carbonyl (C=O) groups is 1. The van der Waals surface area contributed by atoms with E-state index in [2.05, 4.69) is 5.32 Å². The van der Waals surface area contributed by atoms with Gasteiger partial charge in [0.2, 0.25) is 5.91 Å². The summed E-state index contributed by atoms with van der Waals surface area (Å²) in [5, 5.41) is 3.70. The van der Waals surface area contributed by atoms with Crippen molar-refractivity contribution in [2.75, 3.05) is 5.32 Å². The van der Waals surface area contributed by atoms with Gasteiger partial charge >= 0.3 is 0 Å². The normalized spacial score (nSPS) is 13.5. The van der Waals surface area contributed by atoms with Crippen molar-refractivity contribution in [2.45, 2.75) is 13.0 Å². The molecular formula is C16H16Cl2N2O. The van der Waals surface area contributed by atoms with Gasteiger partial charge in [-0.3, -0.25) is 4.79 Å². The topological polar surface area (TPSA) is 55.1 Å². The van der Waals surface area contributed by atoms with E-state index < -0.39 is 0 Å². The number of anilines is 1. The van der Waals surface area contributed by atoms with E-state index in [0.717, 1.165) is 5.56 Å². The summed E-state index contributed by atoms with van der Waals surface area (Å²) in [6.07, 6.45) is 0. The van der Waals surface area contributed by atoms with Gasteiger partial charge in [0.15, 0.2) is 0 Å². The minimum Gasteiger partial charge on any atom is -0.324 e. The maximum absolute atomic E-state index is 12.3. The molecule has 2 aromatic rings. The molecule has 2 atom stereocenters. The highest BCUT2D eigenvalue weighted by Crippen LogP contribution is 2.27. The van der Waals surface area contributed by atoms with E-state index >= 15 is 0 Å². The maximum atomic E-state index is 12.3. The van der Waals surface area contributed by atoms with Crippen molar-refractivity contribution < 1.29 is 4.79 Å². The van der Waals surface area contributed by atoms with Gasteiger partial charge in [-0.2, -0.15) is 0 Å². The number of rotatable bonds is 4. The summed E-state index contributed by atoms with van der Waals surface area (Å²) in [6, 6.07) is 14.1. The SMILES string of the molecule is CC(C(=O)Nc1ccc(Cl)cc1Cl)C(N)c1ccccc1. The van der Waals surface area contributed by atoms with E-state index in [1.54, 1.807) is 25.1 Å². The highest BCUT2D eigenvalue weighted by molar-refractivity contribution is 6.36. The van der Waals surface area contributed by atoms with Crippen LogP contribution in [0, 0.1) is 5.92 Å². The van der Waals surface area contributed by atoms with Gasteiger partial charge < -0.3 is 11.1 Å². The number of amides is 1. The van der Waals surface area contributed by atoms with Crippen molar-refractivity contribution in [3.8, 4) is 0 Å². The number of nitrogens with one attached hydrogen (secondary N) is 1. The molecule has 2 aromatic carbocycles. The third-order valence-electron chi connectivity index (χ3n) is 3.33. The van der Waals surface area contributed by atoms with E-state index in [-0.39, 0.29) is 17.9 Å². The average Bonchev–Trinajstić information content (AvgIpc) is 2.49. The smallest absolute Gasteiger partial charge is 0.229 e. The van der Waals surface area contributed by atoms with Gasteiger partial charge in [-0.05, 0) is 23.8 Å². The quantitative estimate of drug-likeness (QED) is 0.883. The molecule has 3 nitrogen and oxygen atoms in total. The number of hydrogen-bond donors (Lipinski definition) is 2. The molecular weight excluding hydrogens is 307 g/mol. The lowest BCUT2D eigenvalue weighted by Crippen LogP contribution is -2.30. The van der Waals surface area contributed by atoms with E-state index in [0.29, 0.717) is 15.7 Å². The summed E-state index contributed by atoms with van der Waals surface area (Å²) >= 11 is 11.9. The number of halogens is 2. The van der Waals surface area contributed by atoms with Crippen molar-refractivity contribution in [1.29, 1.82) is 0 Å². The Labute approximate surface area is 134 Å². The first-order chi connectivity index (χ1) is 9.99. The second kappa shape index (κ2) is 6.94. The van der Waals surface area contributed by atoms with Crippen molar-refractivity contribution in [3.05, 3.63) is 64.1 Å². The molecule has 0 spiro atoms. The fourth-order valence-corrected chi connectivity index (χ4v) is 2.42. The summed E-state index contributed by atoms with van der Waals surface area (Å²) < 4.78 is 0. The predicted octanol–water partition coefficient (Wildman–Crippen LogP) is 4.27. The monoisotopic (exact) mass is 322 g/mol. The molecule has 5 heteroatoms. The molecule has 2 unspecified atom stereocenters. The van der Waals surface area contributed by atoms with E-state index in [1.807, 2.05) is 30.3 Å². The van der Waals surface area contributed by atoms with Crippen molar-refractivity contribution >= 4 is 34.8 Å². The van der Waals surface area contributed by atoms with Gasteiger partial charge in [0.05, 0.1) is 16.6 Å². The molecule has 3 N–H and O–H groups in total. The van der Waals surface area contributed by atoms with Crippen LogP contribution in [0.4, 0.5) is 5.69 Å². The van der Waals surface area contributed by atoms with Crippen molar-refractivity contribution in [2.24, 2.45) is 11.7 Å². The predicted molar refractivity (Wildman–Crippen MR) is 87.6 cm³/mol. The molecule has 21 heavy (non-hydrogen) atoms. The number of nitrogens with two attached hydrogens (primary N) is 1. The number of benzene rings is 2. The first-order valence-electron chi connectivity index (χ1n) is 6.55. The average molecular weight is 323 g/mol. The molecule has 110 valence electrons. The molecule has 0 saturated heterocycles. The zero-order chi connectivity index (χ0) is 15.4. The summed E-state index contributed by atoms with van der Waals surface area (Å²) in [6.45, 7) is 1.79. The molecule has 1 amide bonds. The van der Waals surface area contributed by atoms with Gasteiger partial charge in [-0.15, -0.1) is 0 Å². The molecule has 0 radical (unpaired) electrons. The van der Waals surface area contributed by atoms with E-state index in [9.17, 15) is 4.79 Å². The molecule has 2 rings (SSSR count). The van der Waals surface area contributed by atoms with Crippen LogP contribution < -0.4 is 11.1 Å². The van der Waals surface area contributed by atoms with Crippen LogP contribution in [-0.2, 0) is 4.79 Å². The van der Waals surface area contributed by atoms with Gasteiger partial charge in [0.1, 0.15) is 0 Å². The molecule has 0 fully saturated rings. The second-order valence-electron chi connectivity index (χ2n) is 4.84. The van der Waals surface area contributed by atoms with E-state index in [4.69, 9.17) is 28.9 Å². The van der Waals surface area contributed by atoms with Gasteiger partial charge in [-0.25, -0.2) is 0 Å². The summed E-state index contributed by atoms with van der Waals surface area (Å²) in [4.78, 5) is 12.3. The van der Waals surface area contributed by atoms with Crippen molar-refractivity contribution in [3.63, 3.8) is 0 Å². The molecule has 0 aliphatic carbocycles. The fraction of sp³-hybridized carbons (Fsp3) is 0.188. The third-order valence-corrected chi connectivity index (χ3v) is 3.87. The van der Waals surface area contributed by atoms with Gasteiger partial charge in [0.25, 0.3) is 0 Å². The molecule has 0 bridgehead atoms. The first kappa shape index (κ1) is 15.8. The minimum atomic E-state index is -0.390. The standard InChI is InChI=1S/C16H16Cl2N2O/c1-10(15(19)11-5-3-2-4-6-11)16(21)20-14-8-7-12(17)9-13(14)18/h2-10,15H,19H2,1H3,(H,20,21). The Morgan fingerprint density at radius 2 is 1.81 bits per heavy atom. The van der Waals surface area contributed by atoms with Gasteiger partial charge in [0, 0.05) is 11.1 Å². The van der Waals surface area contributed by atoms with Gasteiger partial charge in [-0.1, -0.05) is 60.5 Å². The van der Waals surface area contributed by atoms with Crippen LogP contribution in [0.15, 0.2) is 48.5 Å². The Bertz CT molecular complexity index is 631. The lowest BCUT2D eigenvalue weighted by atomic mass is 9.94. The zero-order valence-corrected chi connectivity index (χ0v) is 13.0. The van der Waals surface area contributed by atoms with Crippen LogP contribution in [-0.4, -0.2) is 5.91 Å². The van der Waals surface area contributed by atoms with Crippen LogP contribution in [0.3, 0.4) is 0 Å². The van der Waals surface area contributed by atoms with E-state index in [1.165, 1.54) is 0 Å². The van der Waals surface area contributed by atoms with Crippen LogP contribution in [0.1, 0.15) is 18.5 Å². The van der Waals surface area contributed by atoms with Crippen LogP contribution in [0.25, 0.3) is 0 Å². The lowest BCUT2D eigenvalue weighted by molar-refractivity contribution is -0.120. The largest absolute Gasteiger partial charge is 0.324 e. The summed E-state index contributed by atoms with van der Waals surface area (Å²) in [5.41, 5.74) is 7.59. The highest BCUT2D eigenvalue weighted by Gasteiger charge is 2.22. The van der Waals surface area contributed by atoms with Crippen LogP contribution in [0.5, 0.6) is 0 Å². The fourth-order valence-electron chi connectivity index (χ4n) is 1.96. The van der Waals surface area contributed by atoms with Crippen LogP contribution in [0.2, 0.25) is 10.0 Å². The maximum Gasteiger partial charge on any atom is 0.229 e. The number of carbonyl (C=O) groups excluding carboxylic acids is 1. The molecule has 0 aromatic heterocycles. The number of hydrogen-bond acceptors (Lipinski definition) is 2. The molecule has 0 aliphatic heterocycles. The third kappa shape index (κ3) is 3.97. The summed E-state index contributed by atoms with van der Waals surface area (Å²) in [7, 11) is 0. The Balaban J connectivity index is 2.09. The molecule has 0 heterocycles. The zero-order valence-electron chi connectivity index (χ0n) is 11.5.